The summed E-state index contributed by atoms with van der Waals surface area (Å²) in [6.07, 6.45) is 2.86. The zero-order chi connectivity index (χ0) is 14.5. The normalized spacial score (nSPS) is 16.1. The lowest BCUT2D eigenvalue weighted by molar-refractivity contribution is -0.125. The Hall–Kier alpha value is -2.09. The third kappa shape index (κ3) is 3.27. The van der Waals surface area contributed by atoms with Crippen molar-refractivity contribution in [1.82, 2.24) is 20.4 Å². The van der Waals surface area contributed by atoms with E-state index < -0.39 is 0 Å². The molecule has 0 atom stereocenters. The number of ether oxygens (including phenoxy) is 1. The van der Waals surface area contributed by atoms with Gasteiger partial charge < -0.3 is 20.7 Å². The van der Waals surface area contributed by atoms with Gasteiger partial charge in [0, 0.05) is 26.2 Å². The molecule has 1 aromatic heterocycles. The Balaban J connectivity index is 1.84. The van der Waals surface area contributed by atoms with Crippen LogP contribution in [0.1, 0.15) is 23.3 Å². The van der Waals surface area contributed by atoms with E-state index in [1.807, 2.05) is 0 Å². The largest absolute Gasteiger partial charge is 0.396 e. The minimum atomic E-state index is -0.151. The number of hydrogen-bond donors (Lipinski definition) is 3. The number of likely N-dealkylation sites (tertiary alicyclic amines) is 1. The van der Waals surface area contributed by atoms with Crippen molar-refractivity contribution in [2.45, 2.75) is 18.9 Å². The Kier molecular flexibility index (Phi) is 4.57. The van der Waals surface area contributed by atoms with Crippen LogP contribution in [0.4, 0.5) is 5.69 Å². The van der Waals surface area contributed by atoms with E-state index in [2.05, 4.69) is 15.5 Å². The SMILES string of the molecule is COCC(=O)NC1CCN(C(=O)c2[nH]ncc2N)CC1. The number of nitrogen functional groups attached to an aromatic ring is 1. The van der Waals surface area contributed by atoms with Crippen molar-refractivity contribution in [1.29, 1.82) is 0 Å². The molecular weight excluding hydrogens is 262 g/mol. The lowest BCUT2D eigenvalue weighted by atomic mass is 10.0. The van der Waals surface area contributed by atoms with E-state index in [-0.39, 0.29) is 24.5 Å². The molecule has 8 nitrogen and oxygen atoms in total. The minimum absolute atomic E-state index is 0.0593. The van der Waals surface area contributed by atoms with Crippen LogP contribution in [0.2, 0.25) is 0 Å². The first-order valence-corrected chi connectivity index (χ1v) is 6.48. The number of amides is 2. The van der Waals surface area contributed by atoms with Crippen LogP contribution in [-0.4, -0.2) is 59.8 Å². The summed E-state index contributed by atoms with van der Waals surface area (Å²) >= 11 is 0. The van der Waals surface area contributed by atoms with E-state index in [0.29, 0.717) is 24.5 Å². The minimum Gasteiger partial charge on any atom is -0.396 e. The number of carbonyl (C=O) groups excluding carboxylic acids is 2. The Labute approximate surface area is 116 Å². The average molecular weight is 281 g/mol. The Morgan fingerprint density at radius 2 is 2.25 bits per heavy atom. The summed E-state index contributed by atoms with van der Waals surface area (Å²) in [6, 6.07) is 0.0841. The number of piperidine rings is 1. The molecule has 0 unspecified atom stereocenters. The molecule has 8 heteroatoms. The first-order valence-electron chi connectivity index (χ1n) is 6.48. The van der Waals surface area contributed by atoms with Crippen molar-refractivity contribution in [3.05, 3.63) is 11.9 Å². The number of hydrogen-bond acceptors (Lipinski definition) is 5. The maximum atomic E-state index is 12.2. The quantitative estimate of drug-likeness (QED) is 0.679. The van der Waals surface area contributed by atoms with Gasteiger partial charge in [-0.1, -0.05) is 0 Å². The molecule has 110 valence electrons. The van der Waals surface area contributed by atoms with Gasteiger partial charge >= 0.3 is 0 Å². The summed E-state index contributed by atoms with van der Waals surface area (Å²) in [7, 11) is 1.48. The molecule has 2 amide bonds. The van der Waals surface area contributed by atoms with Gasteiger partial charge in [0.2, 0.25) is 5.91 Å². The third-order valence-corrected chi connectivity index (χ3v) is 3.31. The number of nitrogens with zero attached hydrogens (tertiary/aromatic N) is 2. The number of nitrogens with one attached hydrogen (secondary N) is 2. The molecule has 1 aromatic rings. The molecule has 2 heterocycles. The van der Waals surface area contributed by atoms with Crippen LogP contribution in [0.5, 0.6) is 0 Å². The highest BCUT2D eigenvalue weighted by Crippen LogP contribution is 2.15. The number of H-pyrrole nitrogens is 1. The molecule has 0 spiro atoms. The summed E-state index contributed by atoms with van der Waals surface area (Å²) in [4.78, 5) is 25.3. The maximum absolute atomic E-state index is 12.2. The molecule has 0 saturated carbocycles. The molecule has 1 fully saturated rings. The summed E-state index contributed by atoms with van der Waals surface area (Å²) in [5.41, 5.74) is 6.34. The number of carbonyl (C=O) groups is 2. The van der Waals surface area contributed by atoms with Crippen LogP contribution >= 0.6 is 0 Å². The molecule has 4 N–H and O–H groups in total. The second-order valence-electron chi connectivity index (χ2n) is 4.77. The number of rotatable bonds is 4. The van der Waals surface area contributed by atoms with Gasteiger partial charge in [-0.15, -0.1) is 0 Å². The highest BCUT2D eigenvalue weighted by atomic mass is 16.5. The lowest BCUT2D eigenvalue weighted by Gasteiger charge is -2.32. The number of anilines is 1. The van der Waals surface area contributed by atoms with Crippen LogP contribution in [-0.2, 0) is 9.53 Å². The number of aromatic nitrogens is 2. The summed E-state index contributed by atoms with van der Waals surface area (Å²) in [5.74, 6) is -0.281. The first kappa shape index (κ1) is 14.3. The summed E-state index contributed by atoms with van der Waals surface area (Å²) in [6.45, 7) is 1.22. The van der Waals surface area contributed by atoms with E-state index in [1.54, 1.807) is 4.90 Å². The summed E-state index contributed by atoms with van der Waals surface area (Å²) < 4.78 is 4.77. The van der Waals surface area contributed by atoms with E-state index in [4.69, 9.17) is 10.5 Å². The Morgan fingerprint density at radius 3 is 2.80 bits per heavy atom. The fourth-order valence-electron chi connectivity index (χ4n) is 2.25. The predicted octanol–water partition coefficient (Wildman–Crippen LogP) is -0.641. The third-order valence-electron chi connectivity index (χ3n) is 3.31. The molecule has 1 aliphatic heterocycles. The van der Waals surface area contributed by atoms with Crippen LogP contribution in [0, 0.1) is 0 Å². The van der Waals surface area contributed by atoms with Crippen LogP contribution in [0.3, 0.4) is 0 Å². The van der Waals surface area contributed by atoms with Gasteiger partial charge in [0.1, 0.15) is 12.3 Å². The fourth-order valence-corrected chi connectivity index (χ4v) is 2.25. The van der Waals surface area contributed by atoms with Crippen molar-refractivity contribution in [2.75, 3.05) is 32.5 Å². The van der Waals surface area contributed by atoms with Crippen LogP contribution in [0.15, 0.2) is 6.20 Å². The molecule has 20 heavy (non-hydrogen) atoms. The topological polar surface area (TPSA) is 113 Å². The standard InChI is InChI=1S/C12H19N5O3/c1-20-7-10(18)15-8-2-4-17(5-3-8)12(19)11-9(13)6-14-16-11/h6,8H,2-5,7,13H2,1H3,(H,14,16)(H,15,18). The highest BCUT2D eigenvalue weighted by molar-refractivity contribution is 5.97. The Morgan fingerprint density at radius 1 is 1.55 bits per heavy atom. The van der Waals surface area contributed by atoms with Gasteiger partial charge in [-0.3, -0.25) is 14.7 Å². The van der Waals surface area contributed by atoms with Crippen molar-refractivity contribution >= 4 is 17.5 Å². The molecule has 1 saturated heterocycles. The monoisotopic (exact) mass is 281 g/mol. The molecular formula is C12H19N5O3. The van der Waals surface area contributed by atoms with Crippen molar-refractivity contribution in [3.63, 3.8) is 0 Å². The van der Waals surface area contributed by atoms with Gasteiger partial charge in [-0.05, 0) is 12.8 Å². The molecule has 0 radical (unpaired) electrons. The lowest BCUT2D eigenvalue weighted by Crippen LogP contribution is -2.47. The molecule has 2 rings (SSSR count). The van der Waals surface area contributed by atoms with E-state index in [1.165, 1.54) is 13.3 Å². The van der Waals surface area contributed by atoms with E-state index in [0.717, 1.165) is 12.8 Å². The molecule has 0 aromatic carbocycles. The van der Waals surface area contributed by atoms with Crippen molar-refractivity contribution in [3.8, 4) is 0 Å². The predicted molar refractivity (Wildman–Crippen MR) is 71.9 cm³/mol. The Bertz CT molecular complexity index is 479. The van der Waals surface area contributed by atoms with Gasteiger partial charge in [0.15, 0.2) is 0 Å². The average Bonchev–Trinajstić information content (AvgIpc) is 2.85. The van der Waals surface area contributed by atoms with Gasteiger partial charge in [0.25, 0.3) is 5.91 Å². The van der Waals surface area contributed by atoms with Crippen molar-refractivity contribution in [2.24, 2.45) is 0 Å². The molecule has 1 aliphatic rings. The van der Waals surface area contributed by atoms with Crippen LogP contribution in [0.25, 0.3) is 0 Å². The van der Waals surface area contributed by atoms with Gasteiger partial charge in [-0.2, -0.15) is 5.10 Å². The number of methoxy groups -OCH3 is 1. The van der Waals surface area contributed by atoms with Gasteiger partial charge in [-0.25, -0.2) is 0 Å². The van der Waals surface area contributed by atoms with E-state index >= 15 is 0 Å². The van der Waals surface area contributed by atoms with Gasteiger partial charge in [0.05, 0.1) is 11.9 Å². The maximum Gasteiger partial charge on any atom is 0.274 e. The fraction of sp³-hybridized carbons (Fsp3) is 0.583. The van der Waals surface area contributed by atoms with Crippen molar-refractivity contribution < 1.29 is 14.3 Å². The molecule has 0 bridgehead atoms. The summed E-state index contributed by atoms with van der Waals surface area (Å²) in [5, 5.41) is 9.23. The van der Waals surface area contributed by atoms with E-state index in [9.17, 15) is 9.59 Å². The molecule has 0 aliphatic carbocycles. The highest BCUT2D eigenvalue weighted by Gasteiger charge is 2.26. The second kappa shape index (κ2) is 6.38. The first-order chi connectivity index (χ1) is 9.61. The second-order valence-corrected chi connectivity index (χ2v) is 4.77. The smallest absolute Gasteiger partial charge is 0.274 e. The van der Waals surface area contributed by atoms with Crippen LogP contribution < -0.4 is 11.1 Å². The zero-order valence-corrected chi connectivity index (χ0v) is 11.4. The number of nitrogens with two attached hydrogens (primary N) is 1. The zero-order valence-electron chi connectivity index (χ0n) is 11.4. The number of aromatic amines is 1.